The highest BCUT2D eigenvalue weighted by Gasteiger charge is 2.36. The van der Waals surface area contributed by atoms with Crippen LogP contribution in [-0.2, 0) is 9.47 Å². The Balaban J connectivity index is 1.48. The lowest BCUT2D eigenvalue weighted by molar-refractivity contribution is 0.0596. The van der Waals surface area contributed by atoms with Crippen LogP contribution in [0.3, 0.4) is 0 Å². The molecular weight excluding hydrogens is 448 g/mol. The Morgan fingerprint density at radius 2 is 2.11 bits per heavy atom. The fourth-order valence-electron chi connectivity index (χ4n) is 4.82. The number of hydrogen-bond acceptors (Lipinski definition) is 9. The van der Waals surface area contributed by atoms with Crippen LogP contribution in [0.4, 0.5) is 17.2 Å². The number of rotatable bonds is 4. The zero-order valence-electron chi connectivity index (χ0n) is 19.4. The van der Waals surface area contributed by atoms with Crippen LogP contribution in [-0.4, -0.2) is 72.5 Å². The van der Waals surface area contributed by atoms with Crippen LogP contribution in [0.25, 0.3) is 22.3 Å². The molecule has 5 heterocycles. The maximum Gasteiger partial charge on any atom is 0.343 e. The molecule has 1 atom stereocenters. The van der Waals surface area contributed by atoms with Crippen LogP contribution in [0.5, 0.6) is 5.88 Å². The zero-order chi connectivity index (χ0) is 23.9. The number of H-pyrrole nitrogens is 1. The zero-order valence-corrected chi connectivity index (χ0v) is 19.4. The average molecular weight is 473 g/mol. The predicted molar refractivity (Wildman–Crippen MR) is 130 cm³/mol. The van der Waals surface area contributed by atoms with E-state index in [9.17, 15) is 4.79 Å². The number of methoxy groups -OCH3 is 2. The second-order valence-corrected chi connectivity index (χ2v) is 8.42. The van der Waals surface area contributed by atoms with E-state index in [0.717, 1.165) is 40.2 Å². The van der Waals surface area contributed by atoms with Crippen LogP contribution in [0, 0.1) is 0 Å². The van der Waals surface area contributed by atoms with E-state index in [1.165, 1.54) is 14.2 Å². The van der Waals surface area contributed by atoms with Gasteiger partial charge in [-0.05, 0) is 18.2 Å². The van der Waals surface area contributed by atoms with E-state index in [-0.39, 0.29) is 17.5 Å². The SMILES string of the molecule is COC(=O)c1cc(N2C[C@@H]3COCCN3c3nc(-c4cccc5[nH]ccc45)ncc32)cnc1OC. The lowest BCUT2D eigenvalue weighted by Gasteiger charge is -2.45. The number of carbonyl (C=O) groups is 1. The standard InChI is InChI=1S/C25H24N6O4/c1-33-24-19(25(32)34-2)10-15(11-28-24)31-13-16-14-35-9-8-30(16)23-21(31)12-27-22(29-23)18-4-3-5-20-17(18)6-7-26-20/h3-7,10-12,16,26H,8-9,13-14H2,1-2H3/t16-/m1/s1. The minimum Gasteiger partial charge on any atom is -0.480 e. The number of aromatic nitrogens is 4. The molecule has 1 saturated heterocycles. The van der Waals surface area contributed by atoms with Gasteiger partial charge in [-0.2, -0.15) is 0 Å². The Morgan fingerprint density at radius 1 is 1.20 bits per heavy atom. The number of morpholine rings is 1. The van der Waals surface area contributed by atoms with E-state index < -0.39 is 5.97 Å². The van der Waals surface area contributed by atoms with Gasteiger partial charge >= 0.3 is 5.97 Å². The van der Waals surface area contributed by atoms with Gasteiger partial charge in [-0.25, -0.2) is 19.7 Å². The fourth-order valence-corrected chi connectivity index (χ4v) is 4.82. The number of esters is 1. The van der Waals surface area contributed by atoms with Crippen molar-refractivity contribution >= 4 is 34.1 Å². The van der Waals surface area contributed by atoms with Gasteiger partial charge in [0.25, 0.3) is 0 Å². The Kier molecular flexibility index (Phi) is 5.22. The van der Waals surface area contributed by atoms with Crippen molar-refractivity contribution in [1.82, 2.24) is 19.9 Å². The number of anilines is 3. The summed E-state index contributed by atoms with van der Waals surface area (Å²) in [5.41, 5.74) is 3.83. The van der Waals surface area contributed by atoms with Crippen LogP contribution >= 0.6 is 0 Å². The molecule has 0 radical (unpaired) electrons. The quantitative estimate of drug-likeness (QED) is 0.448. The minimum atomic E-state index is -0.512. The molecule has 4 aromatic rings. The molecule has 178 valence electrons. The van der Waals surface area contributed by atoms with E-state index in [1.807, 2.05) is 36.7 Å². The summed E-state index contributed by atoms with van der Waals surface area (Å²) in [4.78, 5) is 34.1. The topological polar surface area (TPSA) is 106 Å². The Labute approximate surface area is 201 Å². The summed E-state index contributed by atoms with van der Waals surface area (Å²) in [6, 6.07) is 9.92. The molecule has 0 bridgehead atoms. The lowest BCUT2D eigenvalue weighted by atomic mass is 10.1. The average Bonchev–Trinajstić information content (AvgIpc) is 3.41. The highest BCUT2D eigenvalue weighted by atomic mass is 16.5. The normalized spacial score (nSPS) is 17.1. The first-order chi connectivity index (χ1) is 17.2. The minimum absolute atomic E-state index is 0.0886. The number of fused-ring (bicyclic) bond motifs is 4. The molecule has 3 aromatic heterocycles. The largest absolute Gasteiger partial charge is 0.480 e. The molecule has 2 aliphatic rings. The van der Waals surface area contributed by atoms with Gasteiger partial charge in [-0.3, -0.25) is 0 Å². The number of hydrogen-bond donors (Lipinski definition) is 1. The van der Waals surface area contributed by atoms with Crippen molar-refractivity contribution in [3.63, 3.8) is 0 Å². The summed E-state index contributed by atoms with van der Waals surface area (Å²) in [6.45, 7) is 2.59. The maximum atomic E-state index is 12.4. The van der Waals surface area contributed by atoms with Gasteiger partial charge in [0.2, 0.25) is 5.88 Å². The van der Waals surface area contributed by atoms with E-state index in [0.29, 0.717) is 25.6 Å². The third-order valence-electron chi connectivity index (χ3n) is 6.52. The van der Waals surface area contributed by atoms with Gasteiger partial charge in [-0.15, -0.1) is 0 Å². The van der Waals surface area contributed by atoms with E-state index in [2.05, 4.69) is 19.8 Å². The summed E-state index contributed by atoms with van der Waals surface area (Å²) in [7, 11) is 2.81. The molecular formula is C25H24N6O4. The molecule has 0 aliphatic carbocycles. The molecule has 0 amide bonds. The molecule has 0 spiro atoms. The van der Waals surface area contributed by atoms with Crippen LogP contribution in [0.2, 0.25) is 0 Å². The molecule has 0 saturated carbocycles. The molecule has 6 rings (SSSR count). The number of benzene rings is 1. The first kappa shape index (κ1) is 21.4. The third-order valence-corrected chi connectivity index (χ3v) is 6.52. The molecule has 2 aliphatic heterocycles. The van der Waals surface area contributed by atoms with Crippen molar-refractivity contribution in [2.24, 2.45) is 0 Å². The molecule has 10 heteroatoms. The summed E-state index contributed by atoms with van der Waals surface area (Å²) < 4.78 is 16.0. The number of carbonyl (C=O) groups excluding carboxylic acids is 1. The van der Waals surface area contributed by atoms with E-state index in [4.69, 9.17) is 24.2 Å². The summed E-state index contributed by atoms with van der Waals surface area (Å²) in [6.07, 6.45) is 5.45. The van der Waals surface area contributed by atoms with Crippen LogP contribution in [0.15, 0.2) is 48.9 Å². The Hall–Kier alpha value is -4.18. The Morgan fingerprint density at radius 3 is 2.97 bits per heavy atom. The molecule has 1 aromatic carbocycles. The summed E-state index contributed by atoms with van der Waals surface area (Å²) in [5.74, 6) is 1.19. The lowest BCUT2D eigenvalue weighted by Crippen LogP contribution is -2.54. The van der Waals surface area contributed by atoms with Gasteiger partial charge in [0.05, 0.1) is 51.6 Å². The van der Waals surface area contributed by atoms with Crippen LogP contribution in [0.1, 0.15) is 10.4 Å². The molecule has 1 fully saturated rings. The smallest absolute Gasteiger partial charge is 0.343 e. The summed E-state index contributed by atoms with van der Waals surface area (Å²) >= 11 is 0. The number of nitrogens with one attached hydrogen (secondary N) is 1. The molecule has 35 heavy (non-hydrogen) atoms. The second-order valence-electron chi connectivity index (χ2n) is 8.42. The fraction of sp³-hybridized carbons (Fsp3) is 0.280. The maximum absolute atomic E-state index is 12.4. The first-order valence-electron chi connectivity index (χ1n) is 11.4. The van der Waals surface area contributed by atoms with Crippen molar-refractivity contribution in [1.29, 1.82) is 0 Å². The molecule has 0 unspecified atom stereocenters. The second kappa shape index (κ2) is 8.55. The molecule has 10 nitrogen and oxygen atoms in total. The van der Waals surface area contributed by atoms with Crippen LogP contribution < -0.4 is 14.5 Å². The van der Waals surface area contributed by atoms with Crippen molar-refractivity contribution < 1.29 is 19.0 Å². The van der Waals surface area contributed by atoms with Gasteiger partial charge in [0.15, 0.2) is 11.6 Å². The highest BCUT2D eigenvalue weighted by molar-refractivity contribution is 5.95. The number of pyridine rings is 1. The van der Waals surface area contributed by atoms with Crippen molar-refractivity contribution in [2.75, 3.05) is 50.3 Å². The number of aromatic amines is 1. The predicted octanol–water partition coefficient (Wildman–Crippen LogP) is 3.17. The van der Waals surface area contributed by atoms with Crippen molar-refractivity contribution in [2.45, 2.75) is 6.04 Å². The summed E-state index contributed by atoms with van der Waals surface area (Å²) in [5, 5.41) is 1.07. The number of ether oxygens (including phenoxy) is 3. The van der Waals surface area contributed by atoms with E-state index >= 15 is 0 Å². The van der Waals surface area contributed by atoms with E-state index in [1.54, 1.807) is 12.3 Å². The highest BCUT2D eigenvalue weighted by Crippen LogP contribution is 2.41. The van der Waals surface area contributed by atoms with Gasteiger partial charge in [0, 0.05) is 35.8 Å². The first-order valence-corrected chi connectivity index (χ1v) is 11.4. The Bertz CT molecular complexity index is 1420. The van der Waals surface area contributed by atoms with Gasteiger partial charge < -0.3 is 29.0 Å². The third kappa shape index (κ3) is 3.53. The monoisotopic (exact) mass is 472 g/mol. The van der Waals surface area contributed by atoms with Gasteiger partial charge in [-0.1, -0.05) is 12.1 Å². The van der Waals surface area contributed by atoms with Crippen molar-refractivity contribution in [3.8, 4) is 17.3 Å². The van der Waals surface area contributed by atoms with Gasteiger partial charge in [0.1, 0.15) is 11.3 Å². The van der Waals surface area contributed by atoms with Crippen molar-refractivity contribution in [3.05, 3.63) is 54.5 Å². The molecule has 1 N–H and O–H groups in total. The number of nitrogens with zero attached hydrogens (tertiary/aromatic N) is 5.